The number of aromatic nitrogens is 1. The van der Waals surface area contributed by atoms with Crippen LogP contribution in [-0.4, -0.2) is 16.0 Å². The number of amides is 1. The molecule has 110 valence electrons. The Morgan fingerprint density at radius 1 is 1.40 bits per heavy atom. The van der Waals surface area contributed by atoms with Crippen molar-refractivity contribution in [2.24, 2.45) is 0 Å². The smallest absolute Gasteiger partial charge is 0.411 e. The van der Waals surface area contributed by atoms with Crippen LogP contribution >= 0.6 is 9.39 Å². The monoisotopic (exact) mass is 294 g/mol. The number of carbonyl (C=O) groups excluding carboxylic acids is 1. The summed E-state index contributed by atoms with van der Waals surface area (Å²) in [6, 6.07) is 2.02. The van der Waals surface area contributed by atoms with Gasteiger partial charge in [0, 0.05) is 12.4 Å². The molecule has 1 N–H and O–H groups in total. The highest BCUT2D eigenvalue weighted by Gasteiger charge is 2.14. The Morgan fingerprint density at radius 3 is 2.60 bits per heavy atom. The Balaban J connectivity index is 2.74. The van der Waals surface area contributed by atoms with Gasteiger partial charge in [0.1, 0.15) is 5.60 Å². The highest BCUT2D eigenvalue weighted by atomic mass is 31.0. The van der Waals surface area contributed by atoms with Gasteiger partial charge in [-0.05, 0) is 61.7 Å². The summed E-state index contributed by atoms with van der Waals surface area (Å²) < 4.78 is 7.08. The molecule has 0 bridgehead atoms. The number of nitrogens with zero attached hydrogens (tertiary/aromatic N) is 1. The summed E-state index contributed by atoms with van der Waals surface area (Å²) in [6.07, 6.45) is 7.01. The lowest BCUT2D eigenvalue weighted by molar-refractivity contribution is 0.0553. The first-order valence-corrected chi connectivity index (χ1v) is 6.98. The molecule has 0 aliphatic heterocycles. The number of rotatable bonds is 3. The normalized spacial score (nSPS) is 11.5. The van der Waals surface area contributed by atoms with E-state index in [1.807, 2.05) is 57.3 Å². The fourth-order valence-corrected chi connectivity index (χ4v) is 1.91. The number of carbonyl (C=O) groups is 1. The van der Waals surface area contributed by atoms with Crippen molar-refractivity contribution >= 4 is 27.6 Å². The quantitative estimate of drug-likeness (QED) is 0.855. The Morgan fingerprint density at radius 2 is 2.05 bits per heavy atom. The molecule has 0 spiro atoms. The molecule has 1 aromatic heterocycles. The number of allylic oxidation sites excluding steroid dienone is 1. The number of alkyl carbamates (subject to hydrolysis) is 1. The largest absolute Gasteiger partial charge is 0.444 e. The van der Waals surface area contributed by atoms with E-state index in [-0.39, 0.29) is 0 Å². The van der Waals surface area contributed by atoms with Gasteiger partial charge in [-0.15, -0.1) is 0 Å². The summed E-state index contributed by atoms with van der Waals surface area (Å²) in [5.74, 6) is 0. The first-order chi connectivity index (χ1) is 9.19. The van der Waals surface area contributed by atoms with E-state index < -0.39 is 11.7 Å². The van der Waals surface area contributed by atoms with Crippen LogP contribution in [-0.2, 0) is 4.74 Å². The first-order valence-electron chi connectivity index (χ1n) is 6.46. The van der Waals surface area contributed by atoms with Crippen molar-refractivity contribution in [3.05, 3.63) is 35.3 Å². The predicted molar refractivity (Wildman–Crippen MR) is 87.3 cm³/mol. The molecular weight excluding hydrogens is 271 g/mol. The molecule has 0 aromatic carbocycles. The second-order valence-electron chi connectivity index (χ2n) is 5.76. The molecule has 0 fully saturated rings. The van der Waals surface area contributed by atoms with Gasteiger partial charge >= 0.3 is 6.09 Å². The van der Waals surface area contributed by atoms with E-state index in [4.69, 9.17) is 4.74 Å². The lowest BCUT2D eigenvalue weighted by atomic mass is 10.2. The Hall–Kier alpha value is -1.54. The van der Waals surface area contributed by atoms with Crippen LogP contribution in [0.25, 0.3) is 12.2 Å². The minimum absolute atomic E-state index is 0.459. The standard InChI is InChI=1S/C15H23N2O2P/c1-11(2)10-12-7-9-17(20)13(12)6-8-16-14(18)19-15(3,4)5/h6-10H,20H2,1-5H3,(H,16,18)/b8-6+. The molecule has 1 aromatic rings. The van der Waals surface area contributed by atoms with Crippen molar-refractivity contribution in [3.8, 4) is 0 Å². The number of hydrogen-bond donors (Lipinski definition) is 1. The minimum atomic E-state index is -0.494. The van der Waals surface area contributed by atoms with Crippen LogP contribution < -0.4 is 5.32 Å². The molecule has 5 heteroatoms. The van der Waals surface area contributed by atoms with Crippen molar-refractivity contribution in [2.75, 3.05) is 0 Å². The average Bonchev–Trinajstić information content (AvgIpc) is 2.58. The summed E-state index contributed by atoms with van der Waals surface area (Å²) in [5.41, 5.74) is 2.82. The average molecular weight is 294 g/mol. The molecule has 1 rings (SSSR count). The van der Waals surface area contributed by atoms with Gasteiger partial charge in [0.05, 0.1) is 5.69 Å². The predicted octanol–water partition coefficient (Wildman–Crippen LogP) is 4.04. The third-order valence-corrected chi connectivity index (χ3v) is 2.72. The highest BCUT2D eigenvalue weighted by molar-refractivity contribution is 7.14. The van der Waals surface area contributed by atoms with E-state index in [0.717, 1.165) is 11.3 Å². The minimum Gasteiger partial charge on any atom is -0.444 e. The molecule has 20 heavy (non-hydrogen) atoms. The highest BCUT2D eigenvalue weighted by Crippen LogP contribution is 2.18. The van der Waals surface area contributed by atoms with E-state index in [2.05, 4.69) is 20.8 Å². The molecule has 1 heterocycles. The van der Waals surface area contributed by atoms with E-state index in [1.165, 1.54) is 5.57 Å². The van der Waals surface area contributed by atoms with Crippen LogP contribution in [0.5, 0.6) is 0 Å². The van der Waals surface area contributed by atoms with Crippen LogP contribution in [0.4, 0.5) is 4.79 Å². The van der Waals surface area contributed by atoms with E-state index in [9.17, 15) is 4.79 Å². The maximum absolute atomic E-state index is 11.5. The van der Waals surface area contributed by atoms with E-state index in [1.54, 1.807) is 6.20 Å². The summed E-state index contributed by atoms with van der Waals surface area (Å²) in [7, 11) is 2.61. The summed E-state index contributed by atoms with van der Waals surface area (Å²) >= 11 is 0. The molecular formula is C15H23N2O2P. The van der Waals surface area contributed by atoms with Crippen molar-refractivity contribution in [1.82, 2.24) is 9.65 Å². The fourth-order valence-electron chi connectivity index (χ4n) is 1.59. The molecule has 0 saturated carbocycles. The SMILES string of the molecule is CC(C)=Cc1ccn(P)c1/C=C/NC(=O)OC(C)(C)C. The van der Waals surface area contributed by atoms with Gasteiger partial charge in [-0.3, -0.25) is 5.32 Å². The van der Waals surface area contributed by atoms with Gasteiger partial charge < -0.3 is 9.07 Å². The Labute approximate surface area is 123 Å². The van der Waals surface area contributed by atoms with E-state index in [0.29, 0.717) is 0 Å². The zero-order chi connectivity index (χ0) is 15.3. The summed E-state index contributed by atoms with van der Waals surface area (Å²) in [5, 5.41) is 2.60. The second kappa shape index (κ2) is 6.76. The van der Waals surface area contributed by atoms with Crippen LogP contribution in [0.3, 0.4) is 0 Å². The second-order valence-corrected chi connectivity index (χ2v) is 6.32. The molecule has 1 unspecified atom stereocenters. The van der Waals surface area contributed by atoms with Gasteiger partial charge in [-0.2, -0.15) is 0 Å². The zero-order valence-electron chi connectivity index (χ0n) is 12.7. The number of ether oxygens (including phenoxy) is 1. The zero-order valence-corrected chi connectivity index (χ0v) is 13.9. The summed E-state index contributed by atoms with van der Waals surface area (Å²) in [6.45, 7) is 9.59. The molecule has 0 aliphatic rings. The van der Waals surface area contributed by atoms with Crippen LogP contribution in [0.2, 0.25) is 0 Å². The fraction of sp³-hybridized carbons (Fsp3) is 0.400. The molecule has 4 nitrogen and oxygen atoms in total. The molecule has 0 radical (unpaired) electrons. The van der Waals surface area contributed by atoms with Crippen LogP contribution in [0.15, 0.2) is 24.0 Å². The third-order valence-electron chi connectivity index (χ3n) is 2.27. The third kappa shape index (κ3) is 5.62. The van der Waals surface area contributed by atoms with Gasteiger partial charge in [0.25, 0.3) is 0 Å². The number of hydrogen-bond acceptors (Lipinski definition) is 2. The van der Waals surface area contributed by atoms with Gasteiger partial charge in [0.2, 0.25) is 0 Å². The van der Waals surface area contributed by atoms with Crippen molar-refractivity contribution in [1.29, 1.82) is 0 Å². The maximum Gasteiger partial charge on any atom is 0.411 e. The van der Waals surface area contributed by atoms with Gasteiger partial charge in [-0.25, -0.2) is 4.79 Å². The number of nitrogens with one attached hydrogen (secondary N) is 1. The van der Waals surface area contributed by atoms with Crippen molar-refractivity contribution < 1.29 is 9.53 Å². The van der Waals surface area contributed by atoms with Gasteiger partial charge in [0.15, 0.2) is 0 Å². The van der Waals surface area contributed by atoms with Crippen molar-refractivity contribution in [2.45, 2.75) is 40.2 Å². The Kier molecular flexibility index (Phi) is 5.58. The summed E-state index contributed by atoms with van der Waals surface area (Å²) in [4.78, 5) is 11.5. The lowest BCUT2D eigenvalue weighted by Crippen LogP contribution is -2.29. The first kappa shape index (κ1) is 16.5. The van der Waals surface area contributed by atoms with Crippen LogP contribution in [0.1, 0.15) is 45.9 Å². The molecule has 1 atom stereocenters. The van der Waals surface area contributed by atoms with E-state index >= 15 is 0 Å². The maximum atomic E-state index is 11.5. The molecule has 0 saturated heterocycles. The molecule has 1 amide bonds. The van der Waals surface area contributed by atoms with Crippen LogP contribution in [0, 0.1) is 0 Å². The van der Waals surface area contributed by atoms with Gasteiger partial charge in [-0.1, -0.05) is 11.6 Å². The van der Waals surface area contributed by atoms with Crippen molar-refractivity contribution in [3.63, 3.8) is 0 Å². The lowest BCUT2D eigenvalue weighted by Gasteiger charge is -2.18. The Bertz CT molecular complexity index is 533. The topological polar surface area (TPSA) is 43.3 Å². The molecule has 0 aliphatic carbocycles.